The molecule has 2 heterocycles. The standard InChI is InChI=1S/C15H22N4O2/c1-5-7-10-19(6-2)11-8-9-16-13-12(11)14(20)18(4)15(21)17(13)3/h8-9H,5-7,10H2,1-4H3. The van der Waals surface area contributed by atoms with Crippen LogP contribution in [0.2, 0.25) is 0 Å². The summed E-state index contributed by atoms with van der Waals surface area (Å²) in [5, 5.41) is 0.514. The van der Waals surface area contributed by atoms with Crippen LogP contribution in [0.4, 0.5) is 5.69 Å². The van der Waals surface area contributed by atoms with E-state index >= 15 is 0 Å². The number of hydrogen-bond donors (Lipinski definition) is 0. The van der Waals surface area contributed by atoms with Crippen molar-refractivity contribution in [1.82, 2.24) is 14.1 Å². The highest BCUT2D eigenvalue weighted by Gasteiger charge is 2.16. The first kappa shape index (κ1) is 15.3. The van der Waals surface area contributed by atoms with Crippen molar-refractivity contribution in [3.8, 4) is 0 Å². The van der Waals surface area contributed by atoms with Gasteiger partial charge in [-0.1, -0.05) is 13.3 Å². The highest BCUT2D eigenvalue weighted by atomic mass is 16.2. The van der Waals surface area contributed by atoms with Gasteiger partial charge in [-0.3, -0.25) is 13.9 Å². The number of nitrogens with zero attached hydrogens (tertiary/aromatic N) is 4. The number of aryl methyl sites for hydroxylation is 1. The van der Waals surface area contributed by atoms with Crippen molar-refractivity contribution in [2.45, 2.75) is 26.7 Å². The van der Waals surface area contributed by atoms with Crippen LogP contribution in [-0.4, -0.2) is 27.2 Å². The molecule has 2 aromatic heterocycles. The summed E-state index contributed by atoms with van der Waals surface area (Å²) < 4.78 is 2.56. The maximum atomic E-state index is 12.5. The van der Waals surface area contributed by atoms with Crippen LogP contribution in [0.15, 0.2) is 21.9 Å². The minimum Gasteiger partial charge on any atom is -0.371 e. The summed E-state index contributed by atoms with van der Waals surface area (Å²) in [5.41, 5.74) is 0.655. The Balaban J connectivity index is 2.76. The van der Waals surface area contributed by atoms with Crippen LogP contribution in [0, 0.1) is 0 Å². The predicted octanol–water partition coefficient (Wildman–Crippen LogP) is 1.26. The molecule has 0 fully saturated rings. The molecule has 0 N–H and O–H groups in total. The summed E-state index contributed by atoms with van der Waals surface area (Å²) in [6, 6.07) is 1.85. The highest BCUT2D eigenvalue weighted by Crippen LogP contribution is 2.21. The van der Waals surface area contributed by atoms with Gasteiger partial charge in [0.15, 0.2) is 5.65 Å². The van der Waals surface area contributed by atoms with E-state index in [0.717, 1.165) is 36.2 Å². The van der Waals surface area contributed by atoms with Crippen LogP contribution < -0.4 is 16.1 Å². The molecule has 0 aliphatic heterocycles. The largest absolute Gasteiger partial charge is 0.371 e. The minimum atomic E-state index is -0.353. The summed E-state index contributed by atoms with van der Waals surface area (Å²) in [5.74, 6) is 0. The van der Waals surface area contributed by atoms with E-state index in [-0.39, 0.29) is 11.2 Å². The SMILES string of the molecule is CCCCN(CC)c1ccnc2c1c(=O)n(C)c(=O)n2C. The first-order valence-electron chi connectivity index (χ1n) is 7.32. The third-order valence-electron chi connectivity index (χ3n) is 3.82. The minimum absolute atomic E-state index is 0.286. The Morgan fingerprint density at radius 1 is 1.19 bits per heavy atom. The molecule has 2 rings (SSSR count). The topological polar surface area (TPSA) is 60.1 Å². The number of anilines is 1. The van der Waals surface area contributed by atoms with Gasteiger partial charge in [-0.15, -0.1) is 0 Å². The lowest BCUT2D eigenvalue weighted by Gasteiger charge is -2.24. The van der Waals surface area contributed by atoms with Crippen molar-refractivity contribution in [3.05, 3.63) is 33.1 Å². The number of hydrogen-bond acceptors (Lipinski definition) is 4. The lowest BCUT2D eigenvalue weighted by molar-refractivity contribution is 0.703. The van der Waals surface area contributed by atoms with E-state index in [2.05, 4.69) is 23.7 Å². The molecule has 0 saturated carbocycles. The molecule has 0 spiro atoms. The molecule has 0 unspecified atom stereocenters. The second-order valence-corrected chi connectivity index (χ2v) is 5.17. The monoisotopic (exact) mass is 290 g/mol. The first-order valence-corrected chi connectivity index (χ1v) is 7.32. The lowest BCUT2D eigenvalue weighted by Crippen LogP contribution is -2.38. The molecule has 21 heavy (non-hydrogen) atoms. The van der Waals surface area contributed by atoms with Crippen molar-refractivity contribution in [3.63, 3.8) is 0 Å². The Hall–Kier alpha value is -2.11. The van der Waals surface area contributed by atoms with Gasteiger partial charge in [0.05, 0.1) is 5.69 Å². The number of pyridine rings is 1. The van der Waals surface area contributed by atoms with Crippen LogP contribution >= 0.6 is 0 Å². The summed E-state index contributed by atoms with van der Waals surface area (Å²) in [4.78, 5) is 30.9. The molecule has 0 atom stereocenters. The van der Waals surface area contributed by atoms with Gasteiger partial charge in [-0.05, 0) is 19.4 Å². The normalized spacial score (nSPS) is 11.0. The number of rotatable bonds is 5. The van der Waals surface area contributed by atoms with Crippen molar-refractivity contribution < 1.29 is 0 Å². The molecular weight excluding hydrogens is 268 g/mol. The van der Waals surface area contributed by atoms with E-state index in [4.69, 9.17) is 0 Å². The fraction of sp³-hybridized carbons (Fsp3) is 0.533. The number of fused-ring (bicyclic) bond motifs is 1. The van der Waals surface area contributed by atoms with Crippen molar-refractivity contribution in [2.75, 3.05) is 18.0 Å². The Bertz CT molecular complexity index is 761. The van der Waals surface area contributed by atoms with Gasteiger partial charge < -0.3 is 4.90 Å². The van der Waals surface area contributed by atoms with Crippen LogP contribution in [0.3, 0.4) is 0 Å². The van der Waals surface area contributed by atoms with Gasteiger partial charge in [-0.25, -0.2) is 9.78 Å². The maximum Gasteiger partial charge on any atom is 0.332 e. The zero-order chi connectivity index (χ0) is 15.6. The van der Waals surface area contributed by atoms with Crippen LogP contribution in [0.1, 0.15) is 26.7 Å². The van der Waals surface area contributed by atoms with Crippen LogP contribution in [0.5, 0.6) is 0 Å². The fourth-order valence-corrected chi connectivity index (χ4v) is 2.53. The van der Waals surface area contributed by atoms with Gasteiger partial charge >= 0.3 is 5.69 Å². The smallest absolute Gasteiger partial charge is 0.332 e. The van der Waals surface area contributed by atoms with Crippen molar-refractivity contribution in [2.24, 2.45) is 14.1 Å². The Morgan fingerprint density at radius 3 is 2.52 bits per heavy atom. The third kappa shape index (κ3) is 2.57. The molecule has 2 aromatic rings. The molecule has 6 nitrogen and oxygen atoms in total. The van der Waals surface area contributed by atoms with Gasteiger partial charge in [-0.2, -0.15) is 0 Å². The predicted molar refractivity (Wildman–Crippen MR) is 85.0 cm³/mol. The summed E-state index contributed by atoms with van der Waals surface area (Å²) >= 11 is 0. The van der Waals surface area contributed by atoms with Gasteiger partial charge in [0.1, 0.15) is 5.39 Å². The van der Waals surface area contributed by atoms with E-state index in [1.165, 1.54) is 11.6 Å². The maximum absolute atomic E-state index is 12.5. The van der Waals surface area contributed by atoms with E-state index in [0.29, 0.717) is 11.0 Å². The molecule has 0 amide bonds. The third-order valence-corrected chi connectivity index (χ3v) is 3.82. The average molecular weight is 290 g/mol. The Labute approximate surface area is 123 Å². The zero-order valence-electron chi connectivity index (χ0n) is 13.1. The van der Waals surface area contributed by atoms with Gasteiger partial charge in [0.2, 0.25) is 0 Å². The zero-order valence-corrected chi connectivity index (χ0v) is 13.1. The van der Waals surface area contributed by atoms with E-state index in [9.17, 15) is 9.59 Å². The Morgan fingerprint density at radius 2 is 1.90 bits per heavy atom. The molecule has 0 aliphatic carbocycles. The summed E-state index contributed by atoms with van der Waals surface area (Å²) in [6.45, 7) is 5.90. The van der Waals surface area contributed by atoms with Crippen molar-refractivity contribution in [1.29, 1.82) is 0 Å². The molecule has 0 radical (unpaired) electrons. The first-order chi connectivity index (χ1) is 10.0. The summed E-state index contributed by atoms with van der Waals surface area (Å²) in [6.07, 6.45) is 3.81. The lowest BCUT2D eigenvalue weighted by atomic mass is 10.2. The fourth-order valence-electron chi connectivity index (χ4n) is 2.53. The molecule has 0 saturated heterocycles. The molecular formula is C15H22N4O2. The molecule has 0 aromatic carbocycles. The van der Waals surface area contributed by atoms with E-state index < -0.39 is 0 Å². The quantitative estimate of drug-likeness (QED) is 0.832. The number of aromatic nitrogens is 3. The number of unbranched alkanes of at least 4 members (excludes halogenated alkanes) is 1. The summed E-state index contributed by atoms with van der Waals surface area (Å²) in [7, 11) is 3.15. The van der Waals surface area contributed by atoms with E-state index in [1.54, 1.807) is 13.2 Å². The van der Waals surface area contributed by atoms with Gasteiger partial charge in [0.25, 0.3) is 5.56 Å². The van der Waals surface area contributed by atoms with Crippen molar-refractivity contribution >= 4 is 16.7 Å². The second kappa shape index (κ2) is 6.11. The van der Waals surface area contributed by atoms with Crippen LogP contribution in [-0.2, 0) is 14.1 Å². The second-order valence-electron chi connectivity index (χ2n) is 5.17. The molecule has 6 heteroatoms. The van der Waals surface area contributed by atoms with Gasteiger partial charge in [0, 0.05) is 33.4 Å². The average Bonchev–Trinajstić information content (AvgIpc) is 2.51. The highest BCUT2D eigenvalue weighted by molar-refractivity contribution is 5.88. The van der Waals surface area contributed by atoms with Crippen LogP contribution in [0.25, 0.3) is 11.0 Å². The Kier molecular flexibility index (Phi) is 4.45. The van der Waals surface area contributed by atoms with E-state index in [1.807, 2.05) is 6.07 Å². The molecule has 114 valence electrons. The molecule has 0 bridgehead atoms. The molecule has 0 aliphatic rings.